The number of para-hydroxylation sites is 1. The average molecular weight is 377 g/mol. The number of piperidine rings is 1. The molecule has 1 aliphatic heterocycles. The number of rotatable bonds is 4. The monoisotopic (exact) mass is 377 g/mol. The minimum atomic E-state index is -0.137. The van der Waals surface area contributed by atoms with Gasteiger partial charge in [-0.1, -0.05) is 49.4 Å². The Morgan fingerprint density at radius 1 is 1.07 bits per heavy atom. The van der Waals surface area contributed by atoms with Gasteiger partial charge in [-0.2, -0.15) is 0 Å². The second-order valence-corrected chi connectivity index (χ2v) is 7.65. The number of benzene rings is 2. The number of nitrogens with one attached hydrogen (secondary N) is 2. The van der Waals surface area contributed by atoms with Crippen molar-refractivity contribution in [1.29, 1.82) is 0 Å². The summed E-state index contributed by atoms with van der Waals surface area (Å²) in [6.07, 6.45) is 2.28. The van der Waals surface area contributed by atoms with E-state index in [0.717, 1.165) is 37.4 Å². The summed E-state index contributed by atoms with van der Waals surface area (Å²) in [5, 5.41) is 3.38. The molecule has 5 heteroatoms. The van der Waals surface area contributed by atoms with Gasteiger partial charge >= 0.3 is 0 Å². The van der Waals surface area contributed by atoms with Gasteiger partial charge in [0.25, 0.3) is 5.91 Å². The number of hydrogen-bond donors (Lipinski definition) is 2. The van der Waals surface area contributed by atoms with Gasteiger partial charge in [0.1, 0.15) is 5.58 Å². The number of carbonyl (C=O) groups excluding carboxylic acids is 1. The van der Waals surface area contributed by atoms with Crippen LogP contribution in [-0.4, -0.2) is 25.5 Å². The summed E-state index contributed by atoms with van der Waals surface area (Å²) in [5.74, 6) is 0.833. The van der Waals surface area contributed by atoms with Crippen LogP contribution < -0.4 is 15.6 Å². The molecule has 2 aromatic carbocycles. The minimum Gasteiger partial charge on any atom is -0.439 e. The predicted octanol–water partition coefficient (Wildman–Crippen LogP) is 2.71. The number of amides is 1. The SMILES string of the molecule is CC1CC[NH+](CC(=O)Nc2oc3ccccc3c(=O)c2-c2ccccc2)CC1. The number of hydrogen-bond acceptors (Lipinski definition) is 3. The molecule has 28 heavy (non-hydrogen) atoms. The Morgan fingerprint density at radius 2 is 1.75 bits per heavy atom. The summed E-state index contributed by atoms with van der Waals surface area (Å²) in [6, 6.07) is 16.5. The van der Waals surface area contributed by atoms with Crippen LogP contribution in [0.2, 0.25) is 0 Å². The van der Waals surface area contributed by atoms with Crippen LogP contribution in [-0.2, 0) is 4.79 Å². The van der Waals surface area contributed by atoms with Crippen molar-refractivity contribution in [3.05, 3.63) is 64.8 Å². The molecule has 1 amide bonds. The second kappa shape index (κ2) is 7.98. The Labute approximate surface area is 164 Å². The van der Waals surface area contributed by atoms with E-state index in [1.807, 2.05) is 42.5 Å². The predicted molar refractivity (Wildman–Crippen MR) is 111 cm³/mol. The molecule has 0 unspecified atom stereocenters. The maximum Gasteiger partial charge on any atom is 0.281 e. The van der Waals surface area contributed by atoms with Crippen molar-refractivity contribution >= 4 is 22.8 Å². The summed E-state index contributed by atoms with van der Waals surface area (Å²) < 4.78 is 5.96. The van der Waals surface area contributed by atoms with Crippen molar-refractivity contribution in [2.45, 2.75) is 19.8 Å². The summed E-state index contributed by atoms with van der Waals surface area (Å²) in [5.41, 5.74) is 1.47. The van der Waals surface area contributed by atoms with Gasteiger partial charge in [0.2, 0.25) is 11.3 Å². The number of likely N-dealkylation sites (tertiary alicyclic amines) is 1. The highest BCUT2D eigenvalue weighted by molar-refractivity contribution is 5.96. The lowest BCUT2D eigenvalue weighted by atomic mass is 9.99. The lowest BCUT2D eigenvalue weighted by molar-refractivity contribution is -0.897. The molecule has 0 bridgehead atoms. The smallest absolute Gasteiger partial charge is 0.281 e. The van der Waals surface area contributed by atoms with Crippen LogP contribution in [0.1, 0.15) is 19.8 Å². The first-order valence-corrected chi connectivity index (χ1v) is 9.86. The zero-order chi connectivity index (χ0) is 19.5. The highest BCUT2D eigenvalue weighted by atomic mass is 16.4. The van der Waals surface area contributed by atoms with E-state index in [-0.39, 0.29) is 17.2 Å². The van der Waals surface area contributed by atoms with Gasteiger partial charge in [0.15, 0.2) is 6.54 Å². The Balaban J connectivity index is 1.67. The van der Waals surface area contributed by atoms with Crippen molar-refractivity contribution in [2.24, 2.45) is 5.92 Å². The largest absolute Gasteiger partial charge is 0.439 e. The van der Waals surface area contributed by atoms with Gasteiger partial charge in [0.05, 0.1) is 24.0 Å². The van der Waals surface area contributed by atoms with Crippen molar-refractivity contribution in [3.8, 4) is 11.1 Å². The lowest BCUT2D eigenvalue weighted by Crippen LogP contribution is -3.14. The standard InChI is InChI=1S/C23H24N2O3/c1-16-11-13-25(14-12-16)15-20(26)24-23-21(17-7-3-2-4-8-17)22(27)18-9-5-6-10-19(18)28-23/h2-10,16H,11-15H2,1H3,(H,24,26)/p+1. The molecule has 2 heterocycles. The van der Waals surface area contributed by atoms with Gasteiger partial charge in [0, 0.05) is 0 Å². The molecule has 2 N–H and O–H groups in total. The molecule has 144 valence electrons. The van der Waals surface area contributed by atoms with E-state index in [9.17, 15) is 9.59 Å². The molecule has 5 nitrogen and oxygen atoms in total. The molecular formula is C23H25N2O3+. The van der Waals surface area contributed by atoms with E-state index >= 15 is 0 Å². The molecule has 3 aromatic rings. The Kier molecular flexibility index (Phi) is 5.26. The van der Waals surface area contributed by atoms with Gasteiger partial charge in [-0.15, -0.1) is 0 Å². The summed E-state index contributed by atoms with van der Waals surface area (Å²) in [7, 11) is 0. The fourth-order valence-corrected chi connectivity index (χ4v) is 3.84. The molecular weight excluding hydrogens is 352 g/mol. The van der Waals surface area contributed by atoms with Gasteiger partial charge in [-0.25, -0.2) is 0 Å². The maximum atomic E-state index is 13.1. The molecule has 0 radical (unpaired) electrons. The zero-order valence-electron chi connectivity index (χ0n) is 16.0. The van der Waals surface area contributed by atoms with E-state index in [1.54, 1.807) is 12.1 Å². The van der Waals surface area contributed by atoms with Gasteiger partial charge < -0.3 is 9.32 Å². The van der Waals surface area contributed by atoms with E-state index in [4.69, 9.17) is 4.42 Å². The van der Waals surface area contributed by atoms with Crippen LogP contribution in [0.3, 0.4) is 0 Å². The van der Waals surface area contributed by atoms with Crippen LogP contribution in [0.4, 0.5) is 5.88 Å². The molecule has 1 aliphatic rings. The number of fused-ring (bicyclic) bond motifs is 1. The third-order valence-corrected chi connectivity index (χ3v) is 5.51. The molecule has 1 aromatic heterocycles. The fourth-order valence-electron chi connectivity index (χ4n) is 3.84. The first-order valence-electron chi connectivity index (χ1n) is 9.86. The summed E-state index contributed by atoms with van der Waals surface area (Å²) in [6.45, 7) is 4.65. The third kappa shape index (κ3) is 3.85. The Bertz CT molecular complexity index is 1030. The first kappa shape index (κ1) is 18.4. The molecule has 0 spiro atoms. The quantitative estimate of drug-likeness (QED) is 0.735. The van der Waals surface area contributed by atoms with E-state index in [2.05, 4.69) is 12.2 Å². The van der Waals surface area contributed by atoms with Crippen molar-refractivity contribution < 1.29 is 14.1 Å². The first-order chi connectivity index (χ1) is 13.6. The van der Waals surface area contributed by atoms with Crippen LogP contribution in [0.25, 0.3) is 22.1 Å². The van der Waals surface area contributed by atoms with Gasteiger partial charge in [-0.3, -0.25) is 14.9 Å². The van der Waals surface area contributed by atoms with Crippen LogP contribution in [0.5, 0.6) is 0 Å². The molecule has 1 fully saturated rings. The molecule has 0 aliphatic carbocycles. The number of anilines is 1. The number of quaternary nitrogens is 1. The lowest BCUT2D eigenvalue weighted by Gasteiger charge is -2.26. The molecule has 1 saturated heterocycles. The topological polar surface area (TPSA) is 63.8 Å². The Hall–Kier alpha value is -2.92. The van der Waals surface area contributed by atoms with E-state index in [0.29, 0.717) is 23.1 Å². The second-order valence-electron chi connectivity index (χ2n) is 7.65. The fraction of sp³-hybridized carbons (Fsp3) is 0.304. The summed E-state index contributed by atoms with van der Waals surface area (Å²) in [4.78, 5) is 27.1. The van der Waals surface area contributed by atoms with Crippen LogP contribution in [0.15, 0.2) is 63.8 Å². The normalized spacial score (nSPS) is 19.5. The maximum absolute atomic E-state index is 13.1. The van der Waals surface area contributed by atoms with Gasteiger partial charge in [-0.05, 0) is 36.5 Å². The molecule has 0 saturated carbocycles. The third-order valence-electron chi connectivity index (χ3n) is 5.51. The van der Waals surface area contributed by atoms with E-state index < -0.39 is 0 Å². The minimum absolute atomic E-state index is 0.125. The van der Waals surface area contributed by atoms with Crippen molar-refractivity contribution in [1.82, 2.24) is 0 Å². The summed E-state index contributed by atoms with van der Waals surface area (Å²) >= 11 is 0. The van der Waals surface area contributed by atoms with Crippen molar-refractivity contribution in [3.63, 3.8) is 0 Å². The van der Waals surface area contributed by atoms with Crippen LogP contribution in [0, 0.1) is 5.92 Å². The zero-order valence-corrected chi connectivity index (χ0v) is 16.0. The Morgan fingerprint density at radius 3 is 2.50 bits per heavy atom. The van der Waals surface area contributed by atoms with E-state index in [1.165, 1.54) is 4.90 Å². The van der Waals surface area contributed by atoms with Crippen molar-refractivity contribution in [2.75, 3.05) is 25.0 Å². The highest BCUT2D eigenvalue weighted by Gasteiger charge is 2.23. The molecule has 4 rings (SSSR count). The number of carbonyl (C=O) groups is 1. The average Bonchev–Trinajstić information content (AvgIpc) is 2.71. The highest BCUT2D eigenvalue weighted by Crippen LogP contribution is 2.28. The molecule has 0 atom stereocenters. The van der Waals surface area contributed by atoms with Crippen LogP contribution >= 0.6 is 0 Å².